The summed E-state index contributed by atoms with van der Waals surface area (Å²) in [5.41, 5.74) is 2.62. The summed E-state index contributed by atoms with van der Waals surface area (Å²) < 4.78 is 10.5. The Morgan fingerprint density at radius 3 is 2.24 bits per heavy atom. The van der Waals surface area contributed by atoms with Crippen molar-refractivity contribution < 1.29 is 28.7 Å². The van der Waals surface area contributed by atoms with E-state index >= 15 is 0 Å². The number of nitrogens with one attached hydrogen (secondary N) is 2. The zero-order valence-electron chi connectivity index (χ0n) is 25.4. The predicted octanol–water partition coefficient (Wildman–Crippen LogP) is 4.79. The molecule has 0 aliphatic heterocycles. The molecule has 0 bridgehead atoms. The quantitative estimate of drug-likeness (QED) is 0.337. The molecular weight excluding hydrogens is 522 g/mol. The Balaban J connectivity index is 2.50. The van der Waals surface area contributed by atoms with Crippen LogP contribution in [0.1, 0.15) is 75.8 Å². The van der Waals surface area contributed by atoms with E-state index in [1.807, 2.05) is 69.3 Å². The molecule has 2 aromatic rings. The van der Waals surface area contributed by atoms with Gasteiger partial charge < -0.3 is 25.0 Å². The van der Waals surface area contributed by atoms with Crippen molar-refractivity contribution in [3.05, 3.63) is 70.8 Å². The molecule has 41 heavy (non-hydrogen) atoms. The Morgan fingerprint density at radius 1 is 0.951 bits per heavy atom. The minimum atomic E-state index is -0.987. The van der Waals surface area contributed by atoms with Crippen molar-refractivity contribution in [1.82, 2.24) is 15.5 Å². The van der Waals surface area contributed by atoms with Crippen LogP contribution < -0.4 is 10.6 Å². The third-order valence-corrected chi connectivity index (χ3v) is 6.45. The minimum Gasteiger partial charge on any atom is -0.466 e. The Kier molecular flexibility index (Phi) is 12.8. The molecule has 2 rings (SSSR count). The molecule has 0 saturated heterocycles. The number of aryl methyl sites for hydroxylation is 1. The molecule has 0 aromatic heterocycles. The van der Waals surface area contributed by atoms with E-state index in [9.17, 15) is 19.2 Å². The first-order chi connectivity index (χ1) is 19.4. The lowest BCUT2D eigenvalue weighted by Crippen LogP contribution is -2.54. The van der Waals surface area contributed by atoms with Gasteiger partial charge in [0.25, 0.3) is 0 Å². The summed E-state index contributed by atoms with van der Waals surface area (Å²) in [7, 11) is 0. The summed E-state index contributed by atoms with van der Waals surface area (Å²) in [5, 5.41) is 5.58. The van der Waals surface area contributed by atoms with E-state index in [2.05, 4.69) is 10.6 Å². The summed E-state index contributed by atoms with van der Waals surface area (Å²) in [6.45, 7) is 13.3. The zero-order chi connectivity index (χ0) is 30.6. The van der Waals surface area contributed by atoms with Crippen LogP contribution in [-0.4, -0.2) is 60.1 Å². The summed E-state index contributed by atoms with van der Waals surface area (Å²) in [6, 6.07) is 13.0. The van der Waals surface area contributed by atoms with Gasteiger partial charge in [-0.2, -0.15) is 0 Å². The molecule has 0 aliphatic carbocycles. The van der Waals surface area contributed by atoms with Gasteiger partial charge in [0.05, 0.1) is 13.0 Å². The van der Waals surface area contributed by atoms with Crippen LogP contribution in [0.4, 0.5) is 4.79 Å². The van der Waals surface area contributed by atoms with Gasteiger partial charge >= 0.3 is 12.1 Å². The van der Waals surface area contributed by atoms with Crippen molar-refractivity contribution >= 4 is 23.9 Å². The number of carbonyl (C=O) groups excluding carboxylic acids is 4. The fourth-order valence-electron chi connectivity index (χ4n) is 4.45. The van der Waals surface area contributed by atoms with Crippen LogP contribution in [0.5, 0.6) is 0 Å². The minimum absolute atomic E-state index is 0.0116. The first kappa shape index (κ1) is 33.3. The highest BCUT2D eigenvalue weighted by molar-refractivity contribution is 5.92. The predicted molar refractivity (Wildman–Crippen MR) is 158 cm³/mol. The molecule has 0 spiro atoms. The summed E-state index contributed by atoms with van der Waals surface area (Å²) in [5.74, 6) is -1.24. The molecular formula is C32H45N3O6. The highest BCUT2D eigenvalue weighted by Gasteiger charge is 2.36. The molecule has 2 unspecified atom stereocenters. The van der Waals surface area contributed by atoms with Crippen LogP contribution in [0.3, 0.4) is 0 Å². The molecule has 9 nitrogen and oxygen atoms in total. The second kappa shape index (κ2) is 15.8. The van der Waals surface area contributed by atoms with Gasteiger partial charge in [0, 0.05) is 19.5 Å². The number of amides is 3. The number of ether oxygens (including phenoxy) is 2. The maximum atomic E-state index is 14.3. The van der Waals surface area contributed by atoms with E-state index in [0.717, 1.165) is 16.7 Å². The van der Waals surface area contributed by atoms with Gasteiger partial charge in [-0.3, -0.25) is 14.4 Å². The lowest BCUT2D eigenvalue weighted by atomic mass is 9.94. The maximum Gasteiger partial charge on any atom is 0.408 e. The van der Waals surface area contributed by atoms with Crippen LogP contribution in [0.2, 0.25) is 0 Å². The van der Waals surface area contributed by atoms with Crippen LogP contribution in [-0.2, 0) is 30.3 Å². The molecule has 0 heterocycles. The molecule has 0 aliphatic rings. The van der Waals surface area contributed by atoms with E-state index in [-0.39, 0.29) is 32.5 Å². The Morgan fingerprint density at radius 2 is 1.63 bits per heavy atom. The Bertz CT molecular complexity index is 1180. The van der Waals surface area contributed by atoms with Crippen LogP contribution in [0.25, 0.3) is 0 Å². The van der Waals surface area contributed by atoms with Gasteiger partial charge in [-0.05, 0) is 70.2 Å². The largest absolute Gasteiger partial charge is 0.466 e. The highest BCUT2D eigenvalue weighted by Crippen LogP contribution is 2.28. The number of nitrogens with zero attached hydrogens (tertiary/aromatic N) is 1. The van der Waals surface area contributed by atoms with Crippen LogP contribution in [0, 0.1) is 13.8 Å². The monoisotopic (exact) mass is 567 g/mol. The van der Waals surface area contributed by atoms with E-state index in [4.69, 9.17) is 9.47 Å². The molecule has 0 saturated carbocycles. The first-order valence-electron chi connectivity index (χ1n) is 14.2. The lowest BCUT2D eigenvalue weighted by Gasteiger charge is -2.35. The third-order valence-electron chi connectivity index (χ3n) is 6.45. The van der Waals surface area contributed by atoms with Gasteiger partial charge in [-0.25, -0.2) is 4.79 Å². The molecule has 9 heteroatoms. The average molecular weight is 568 g/mol. The van der Waals surface area contributed by atoms with Gasteiger partial charge in [-0.15, -0.1) is 0 Å². The normalized spacial score (nSPS) is 12.6. The van der Waals surface area contributed by atoms with E-state index in [1.165, 1.54) is 4.90 Å². The number of rotatable bonds is 13. The van der Waals surface area contributed by atoms with Crippen molar-refractivity contribution in [2.24, 2.45) is 0 Å². The highest BCUT2D eigenvalue weighted by atomic mass is 16.6. The fraction of sp³-hybridized carbons (Fsp3) is 0.500. The SMILES string of the molecule is CCCN(C(=O)C(Cc1ccccc1)NC(=O)OC(C)(C)C)C(C(=O)NCCC(=O)OCC)c1cccc(C)c1C. The van der Waals surface area contributed by atoms with Gasteiger partial charge in [0.2, 0.25) is 11.8 Å². The van der Waals surface area contributed by atoms with E-state index in [1.54, 1.807) is 27.7 Å². The molecule has 2 atom stereocenters. The topological polar surface area (TPSA) is 114 Å². The maximum absolute atomic E-state index is 14.3. The van der Waals surface area contributed by atoms with Crippen LogP contribution >= 0.6 is 0 Å². The van der Waals surface area contributed by atoms with E-state index in [0.29, 0.717) is 12.0 Å². The van der Waals surface area contributed by atoms with Gasteiger partial charge in [0.15, 0.2) is 0 Å². The zero-order valence-corrected chi connectivity index (χ0v) is 25.4. The number of alkyl carbamates (subject to hydrolysis) is 1. The Hall–Kier alpha value is -3.88. The van der Waals surface area contributed by atoms with Crippen LogP contribution in [0.15, 0.2) is 48.5 Å². The van der Waals surface area contributed by atoms with Gasteiger partial charge in [-0.1, -0.05) is 55.5 Å². The summed E-state index contributed by atoms with van der Waals surface area (Å²) in [6.07, 6.45) is 0.0829. The summed E-state index contributed by atoms with van der Waals surface area (Å²) in [4.78, 5) is 54.4. The van der Waals surface area contributed by atoms with E-state index < -0.39 is 41.6 Å². The standard InChI is InChI=1S/C32H45N3O6/c1-8-20-35(30(38)26(21-24-15-11-10-12-16-24)34-31(39)41-32(5,6)7)28(25-17-13-14-22(3)23(25)4)29(37)33-19-18-27(36)40-9-2/h10-17,26,28H,8-9,18-21H2,1-7H3,(H,33,37)(H,34,39). The number of benzene rings is 2. The summed E-state index contributed by atoms with van der Waals surface area (Å²) >= 11 is 0. The number of hydrogen-bond donors (Lipinski definition) is 2. The van der Waals surface area contributed by atoms with Crippen molar-refractivity contribution in [2.45, 2.75) is 85.4 Å². The third kappa shape index (κ3) is 10.6. The fourth-order valence-corrected chi connectivity index (χ4v) is 4.45. The lowest BCUT2D eigenvalue weighted by molar-refractivity contribution is -0.144. The first-order valence-corrected chi connectivity index (χ1v) is 14.2. The molecule has 2 aromatic carbocycles. The molecule has 0 radical (unpaired) electrons. The molecule has 2 N–H and O–H groups in total. The van der Waals surface area contributed by atoms with Gasteiger partial charge in [0.1, 0.15) is 17.7 Å². The van der Waals surface area contributed by atoms with Crippen molar-refractivity contribution in [2.75, 3.05) is 19.7 Å². The number of carbonyl (C=O) groups is 4. The van der Waals surface area contributed by atoms with Crippen molar-refractivity contribution in [3.8, 4) is 0 Å². The van der Waals surface area contributed by atoms with Crippen molar-refractivity contribution in [1.29, 1.82) is 0 Å². The molecule has 0 fully saturated rings. The molecule has 3 amide bonds. The average Bonchev–Trinajstić information content (AvgIpc) is 2.89. The number of hydrogen-bond acceptors (Lipinski definition) is 6. The second-order valence-corrected chi connectivity index (χ2v) is 11.0. The Labute approximate surface area is 244 Å². The molecule has 224 valence electrons. The van der Waals surface area contributed by atoms with Crippen molar-refractivity contribution in [3.63, 3.8) is 0 Å². The smallest absolute Gasteiger partial charge is 0.408 e. The second-order valence-electron chi connectivity index (χ2n) is 11.0. The number of esters is 1.